The van der Waals surface area contributed by atoms with Crippen LogP contribution in [-0.4, -0.2) is 39.0 Å². The Bertz CT molecular complexity index is 512. The van der Waals surface area contributed by atoms with E-state index >= 15 is 0 Å². The molecule has 1 atom stereocenters. The average molecular weight is 247 g/mol. The summed E-state index contributed by atoms with van der Waals surface area (Å²) in [5.41, 5.74) is 2.09. The first kappa shape index (κ1) is 11.4. The summed E-state index contributed by atoms with van der Waals surface area (Å²) in [5, 5.41) is 7.62. The fourth-order valence-electron chi connectivity index (χ4n) is 2.16. The van der Waals surface area contributed by atoms with Gasteiger partial charge in [-0.05, 0) is 6.92 Å². The molecule has 0 radical (unpaired) electrons. The number of hydrogen-bond acceptors (Lipinski definition) is 4. The quantitative estimate of drug-likeness (QED) is 0.869. The summed E-state index contributed by atoms with van der Waals surface area (Å²) in [4.78, 5) is 4.23. The van der Waals surface area contributed by atoms with Crippen molar-refractivity contribution in [3.63, 3.8) is 0 Å². The molecule has 0 saturated carbocycles. The number of nitrogens with one attached hydrogen (secondary N) is 1. The van der Waals surface area contributed by atoms with Crippen LogP contribution in [0.1, 0.15) is 18.7 Å². The second-order valence-electron chi connectivity index (χ2n) is 4.31. The Kier molecular flexibility index (Phi) is 3.12. The molecule has 3 rings (SSSR count). The third kappa shape index (κ3) is 2.04. The Morgan fingerprint density at radius 2 is 2.44 bits per heavy atom. The lowest BCUT2D eigenvalue weighted by Gasteiger charge is -2.24. The van der Waals surface area contributed by atoms with Crippen molar-refractivity contribution in [3.8, 4) is 5.69 Å². The van der Waals surface area contributed by atoms with Crippen LogP contribution in [0, 0.1) is 0 Å². The van der Waals surface area contributed by atoms with Gasteiger partial charge in [0.15, 0.2) is 0 Å². The van der Waals surface area contributed by atoms with Crippen LogP contribution < -0.4 is 5.32 Å². The number of rotatable bonds is 3. The molecule has 2 aromatic heterocycles. The molecule has 1 fully saturated rings. The molecule has 0 spiro atoms. The Balaban J connectivity index is 1.90. The van der Waals surface area contributed by atoms with Gasteiger partial charge in [-0.3, -0.25) is 9.25 Å². The van der Waals surface area contributed by atoms with Crippen molar-refractivity contribution in [2.45, 2.75) is 19.6 Å². The van der Waals surface area contributed by atoms with Gasteiger partial charge in [0.1, 0.15) is 6.10 Å². The van der Waals surface area contributed by atoms with Crippen LogP contribution in [-0.2, 0) is 11.3 Å². The predicted octanol–water partition coefficient (Wildman–Crippen LogP) is 0.750. The summed E-state index contributed by atoms with van der Waals surface area (Å²) in [5.74, 6) is 0. The predicted molar refractivity (Wildman–Crippen MR) is 66.6 cm³/mol. The largest absolute Gasteiger partial charge is 0.369 e. The molecule has 1 unspecified atom stereocenters. The first-order chi connectivity index (χ1) is 8.88. The maximum Gasteiger partial charge on any atom is 0.112 e. The lowest BCUT2D eigenvalue weighted by atomic mass is 10.2. The molecule has 6 nitrogen and oxygen atoms in total. The Hall–Kier alpha value is -1.66. The Morgan fingerprint density at radius 1 is 1.50 bits per heavy atom. The zero-order chi connectivity index (χ0) is 12.4. The summed E-state index contributed by atoms with van der Waals surface area (Å²) in [7, 11) is 0. The van der Waals surface area contributed by atoms with Gasteiger partial charge in [0.25, 0.3) is 0 Å². The molecule has 1 aliphatic heterocycles. The topological polar surface area (TPSA) is 56.9 Å². The normalized spacial score (nSPS) is 20.2. The number of ether oxygens (including phenoxy) is 1. The summed E-state index contributed by atoms with van der Waals surface area (Å²) in [6.07, 6.45) is 7.60. The molecule has 2 aromatic rings. The minimum atomic E-state index is 0.0613. The van der Waals surface area contributed by atoms with E-state index in [4.69, 9.17) is 4.74 Å². The second-order valence-corrected chi connectivity index (χ2v) is 4.31. The van der Waals surface area contributed by atoms with E-state index in [1.165, 1.54) is 0 Å². The average Bonchev–Trinajstić information content (AvgIpc) is 3.08. The lowest BCUT2D eigenvalue weighted by molar-refractivity contribution is 0.0240. The molecule has 1 saturated heterocycles. The smallest absolute Gasteiger partial charge is 0.112 e. The monoisotopic (exact) mass is 247 g/mol. The molecule has 0 aliphatic carbocycles. The highest BCUT2D eigenvalue weighted by Crippen LogP contribution is 2.21. The third-order valence-corrected chi connectivity index (χ3v) is 3.15. The summed E-state index contributed by atoms with van der Waals surface area (Å²) in [6, 6.07) is 0. The van der Waals surface area contributed by atoms with Crippen molar-refractivity contribution in [2.24, 2.45) is 0 Å². The maximum absolute atomic E-state index is 5.77. The molecular weight excluding hydrogens is 230 g/mol. The Morgan fingerprint density at radius 3 is 3.17 bits per heavy atom. The third-order valence-electron chi connectivity index (χ3n) is 3.15. The highest BCUT2D eigenvalue weighted by molar-refractivity contribution is 5.29. The van der Waals surface area contributed by atoms with E-state index in [0.29, 0.717) is 0 Å². The highest BCUT2D eigenvalue weighted by atomic mass is 16.5. The molecule has 0 amide bonds. The van der Waals surface area contributed by atoms with Gasteiger partial charge in [-0.25, -0.2) is 4.98 Å². The summed E-state index contributed by atoms with van der Waals surface area (Å²) in [6.45, 7) is 5.42. The number of aromatic nitrogens is 4. The van der Waals surface area contributed by atoms with E-state index in [2.05, 4.69) is 22.3 Å². The number of morpholine rings is 1. The van der Waals surface area contributed by atoms with Crippen molar-refractivity contribution in [1.82, 2.24) is 24.6 Å². The van der Waals surface area contributed by atoms with E-state index in [9.17, 15) is 0 Å². The maximum atomic E-state index is 5.77. The van der Waals surface area contributed by atoms with Crippen LogP contribution in [0.4, 0.5) is 0 Å². The standard InChI is InChI=1S/C12H17N5O/c1-2-16-8-10(5-15-16)17-9-14-6-11(17)12-7-13-3-4-18-12/h5-6,8-9,12-13H,2-4,7H2,1H3. The number of imidazole rings is 1. The molecule has 6 heteroatoms. The summed E-state index contributed by atoms with van der Waals surface area (Å²) < 4.78 is 9.71. The van der Waals surface area contributed by atoms with Crippen molar-refractivity contribution in [1.29, 1.82) is 0 Å². The molecular formula is C12H17N5O. The minimum Gasteiger partial charge on any atom is -0.369 e. The molecule has 1 N–H and O–H groups in total. The zero-order valence-corrected chi connectivity index (χ0v) is 10.4. The van der Waals surface area contributed by atoms with Crippen molar-refractivity contribution >= 4 is 0 Å². The van der Waals surface area contributed by atoms with Gasteiger partial charge in [0, 0.05) is 25.8 Å². The van der Waals surface area contributed by atoms with Gasteiger partial charge >= 0.3 is 0 Å². The first-order valence-electron chi connectivity index (χ1n) is 6.26. The van der Waals surface area contributed by atoms with Crippen LogP contribution >= 0.6 is 0 Å². The van der Waals surface area contributed by atoms with Crippen LogP contribution in [0.25, 0.3) is 5.69 Å². The highest BCUT2D eigenvalue weighted by Gasteiger charge is 2.20. The van der Waals surface area contributed by atoms with Crippen molar-refractivity contribution in [2.75, 3.05) is 19.7 Å². The van der Waals surface area contributed by atoms with E-state index in [1.54, 1.807) is 0 Å². The zero-order valence-electron chi connectivity index (χ0n) is 10.4. The summed E-state index contributed by atoms with van der Waals surface area (Å²) >= 11 is 0. The van der Waals surface area contributed by atoms with Crippen LogP contribution in [0.2, 0.25) is 0 Å². The molecule has 1 aliphatic rings. The number of nitrogens with zero attached hydrogens (tertiary/aromatic N) is 4. The molecule has 3 heterocycles. The van der Waals surface area contributed by atoms with Gasteiger partial charge in [-0.15, -0.1) is 0 Å². The number of hydrogen-bond donors (Lipinski definition) is 1. The molecule has 0 bridgehead atoms. The van der Waals surface area contributed by atoms with Crippen LogP contribution in [0.3, 0.4) is 0 Å². The fraction of sp³-hybridized carbons (Fsp3) is 0.500. The molecule has 18 heavy (non-hydrogen) atoms. The Labute approximate surface area is 106 Å². The lowest BCUT2D eigenvalue weighted by Crippen LogP contribution is -2.34. The van der Waals surface area contributed by atoms with E-state index < -0.39 is 0 Å². The fourth-order valence-corrected chi connectivity index (χ4v) is 2.16. The van der Waals surface area contributed by atoms with Crippen molar-refractivity contribution < 1.29 is 4.74 Å². The number of aryl methyl sites for hydroxylation is 1. The van der Waals surface area contributed by atoms with Crippen LogP contribution in [0.5, 0.6) is 0 Å². The van der Waals surface area contributed by atoms with E-state index in [1.807, 2.05) is 34.2 Å². The van der Waals surface area contributed by atoms with Gasteiger partial charge in [0.05, 0.1) is 36.7 Å². The van der Waals surface area contributed by atoms with Crippen molar-refractivity contribution in [3.05, 3.63) is 30.6 Å². The van der Waals surface area contributed by atoms with E-state index in [-0.39, 0.29) is 6.10 Å². The SMILES string of the molecule is CCn1cc(-n2cncc2C2CNCCO2)cn1. The van der Waals surface area contributed by atoms with E-state index in [0.717, 1.165) is 37.6 Å². The van der Waals surface area contributed by atoms with Crippen LogP contribution in [0.15, 0.2) is 24.9 Å². The van der Waals surface area contributed by atoms with Gasteiger partial charge in [-0.1, -0.05) is 0 Å². The van der Waals surface area contributed by atoms with Gasteiger partial charge in [-0.2, -0.15) is 5.10 Å². The molecule has 96 valence electrons. The van der Waals surface area contributed by atoms with Gasteiger partial charge in [0.2, 0.25) is 0 Å². The minimum absolute atomic E-state index is 0.0613. The first-order valence-corrected chi connectivity index (χ1v) is 6.26. The van der Waals surface area contributed by atoms with Gasteiger partial charge < -0.3 is 10.1 Å². The second kappa shape index (κ2) is 4.91. The molecule has 0 aromatic carbocycles.